The lowest BCUT2D eigenvalue weighted by molar-refractivity contribution is -0.149. The van der Waals surface area contributed by atoms with Crippen LogP contribution < -0.4 is 0 Å². The maximum absolute atomic E-state index is 12.9. The first kappa shape index (κ1) is 18.0. The van der Waals surface area contributed by atoms with E-state index in [0.717, 1.165) is 30.4 Å². The zero-order chi connectivity index (χ0) is 19.3. The number of hydrogen-bond acceptors (Lipinski definition) is 3. The van der Waals surface area contributed by atoms with E-state index in [4.69, 9.17) is 0 Å². The van der Waals surface area contributed by atoms with Crippen LogP contribution in [0.15, 0.2) is 18.2 Å². The summed E-state index contributed by atoms with van der Waals surface area (Å²) >= 11 is 0. The van der Waals surface area contributed by atoms with Gasteiger partial charge in [0.1, 0.15) is 5.41 Å². The average Bonchev–Trinajstić information content (AvgIpc) is 3.10. The fourth-order valence-corrected chi connectivity index (χ4v) is 4.66. The zero-order valence-corrected chi connectivity index (χ0v) is 15.9. The number of aliphatic carboxylic acids is 1. The molecule has 6 heteroatoms. The second kappa shape index (κ2) is 6.36. The topological polar surface area (TPSA) is 77.9 Å². The number of aryl methyl sites for hydroxylation is 2. The van der Waals surface area contributed by atoms with Gasteiger partial charge in [-0.2, -0.15) is 0 Å². The standard InChI is InChI=1S/C21H26N2O4/c1-13-6-7-16(8-14(13)2)19(25)23-10-17-9-22(18(24)15-4-3-5-15)11-21(17,12-23)20(26)27/h6-8,15,17H,3-5,9-12H2,1-2H3,(H,26,27)/t17-,21-/m1/s1. The van der Waals surface area contributed by atoms with Gasteiger partial charge in [-0.05, 0) is 49.9 Å². The molecule has 3 aliphatic rings. The molecule has 2 aliphatic heterocycles. The third-order valence-electron chi connectivity index (χ3n) is 6.84. The van der Waals surface area contributed by atoms with Crippen LogP contribution in [0.5, 0.6) is 0 Å². The van der Waals surface area contributed by atoms with Crippen LogP contribution in [-0.4, -0.2) is 58.9 Å². The first-order chi connectivity index (χ1) is 12.8. The second-order valence-electron chi connectivity index (χ2n) is 8.49. The molecule has 2 heterocycles. The van der Waals surface area contributed by atoms with E-state index in [9.17, 15) is 19.5 Å². The van der Waals surface area contributed by atoms with Gasteiger partial charge in [-0.15, -0.1) is 0 Å². The van der Waals surface area contributed by atoms with Crippen molar-refractivity contribution < 1.29 is 19.5 Å². The van der Waals surface area contributed by atoms with Crippen LogP contribution >= 0.6 is 0 Å². The van der Waals surface area contributed by atoms with Gasteiger partial charge in [-0.25, -0.2) is 0 Å². The van der Waals surface area contributed by atoms with E-state index in [0.29, 0.717) is 18.7 Å². The largest absolute Gasteiger partial charge is 0.481 e. The van der Waals surface area contributed by atoms with Crippen molar-refractivity contribution in [2.75, 3.05) is 26.2 Å². The SMILES string of the molecule is Cc1ccc(C(=O)N2C[C@H]3CN(C(=O)C4CCC4)C[C@@]3(C(=O)O)C2)cc1C. The molecule has 3 fully saturated rings. The number of carbonyl (C=O) groups is 3. The van der Waals surface area contributed by atoms with Crippen LogP contribution in [0.2, 0.25) is 0 Å². The van der Waals surface area contributed by atoms with Gasteiger partial charge in [0.2, 0.25) is 5.91 Å². The molecular weight excluding hydrogens is 344 g/mol. The van der Waals surface area contributed by atoms with Crippen molar-refractivity contribution >= 4 is 17.8 Å². The highest BCUT2D eigenvalue weighted by Gasteiger charge is 2.59. The van der Waals surface area contributed by atoms with Crippen LogP contribution in [0, 0.1) is 31.1 Å². The summed E-state index contributed by atoms with van der Waals surface area (Å²) in [6.07, 6.45) is 2.91. The molecule has 6 nitrogen and oxygen atoms in total. The summed E-state index contributed by atoms with van der Waals surface area (Å²) in [5.41, 5.74) is 1.73. The van der Waals surface area contributed by atoms with E-state index >= 15 is 0 Å². The van der Waals surface area contributed by atoms with E-state index in [1.165, 1.54) is 0 Å². The summed E-state index contributed by atoms with van der Waals surface area (Å²) in [5, 5.41) is 9.96. The maximum atomic E-state index is 12.9. The molecule has 0 spiro atoms. The predicted octanol–water partition coefficient (Wildman–Crippen LogP) is 2.09. The molecule has 144 valence electrons. The number of nitrogens with zero attached hydrogens (tertiary/aromatic N) is 2. The number of carbonyl (C=O) groups excluding carboxylic acids is 2. The van der Waals surface area contributed by atoms with Crippen molar-refractivity contribution in [3.63, 3.8) is 0 Å². The minimum Gasteiger partial charge on any atom is -0.481 e. The van der Waals surface area contributed by atoms with E-state index < -0.39 is 11.4 Å². The monoisotopic (exact) mass is 370 g/mol. The van der Waals surface area contributed by atoms with Crippen LogP contribution in [0.4, 0.5) is 0 Å². The fourth-order valence-electron chi connectivity index (χ4n) is 4.66. The Morgan fingerprint density at radius 3 is 2.26 bits per heavy atom. The molecule has 1 aromatic carbocycles. The highest BCUT2D eigenvalue weighted by Crippen LogP contribution is 2.44. The highest BCUT2D eigenvalue weighted by molar-refractivity contribution is 5.95. The summed E-state index contributed by atoms with van der Waals surface area (Å²) in [6, 6.07) is 5.59. The molecule has 0 aromatic heterocycles. The zero-order valence-electron chi connectivity index (χ0n) is 15.9. The number of hydrogen-bond donors (Lipinski definition) is 1. The third-order valence-corrected chi connectivity index (χ3v) is 6.84. The number of carboxylic acids is 1. The molecule has 1 aliphatic carbocycles. The van der Waals surface area contributed by atoms with Crippen LogP contribution in [0.25, 0.3) is 0 Å². The lowest BCUT2D eigenvalue weighted by atomic mass is 9.81. The van der Waals surface area contributed by atoms with E-state index in [1.54, 1.807) is 15.9 Å². The quantitative estimate of drug-likeness (QED) is 0.884. The Balaban J connectivity index is 1.52. The Kier molecular flexibility index (Phi) is 4.24. The minimum absolute atomic E-state index is 0.0722. The number of likely N-dealkylation sites (tertiary alicyclic amines) is 2. The molecule has 2 saturated heterocycles. The molecule has 1 N–H and O–H groups in total. The fraction of sp³-hybridized carbons (Fsp3) is 0.571. The van der Waals surface area contributed by atoms with E-state index in [2.05, 4.69) is 0 Å². The van der Waals surface area contributed by atoms with Gasteiger partial charge in [0.25, 0.3) is 5.91 Å². The normalized spacial score (nSPS) is 27.4. The highest BCUT2D eigenvalue weighted by atomic mass is 16.4. The molecule has 0 bridgehead atoms. The van der Waals surface area contributed by atoms with Gasteiger partial charge in [0, 0.05) is 43.6 Å². The number of carboxylic acid groups (broad SMARTS) is 1. The third kappa shape index (κ3) is 2.82. The molecular formula is C21H26N2O4. The van der Waals surface area contributed by atoms with Gasteiger partial charge >= 0.3 is 5.97 Å². The molecule has 0 radical (unpaired) electrons. The van der Waals surface area contributed by atoms with Gasteiger partial charge in [-0.3, -0.25) is 14.4 Å². The smallest absolute Gasteiger partial charge is 0.313 e. The molecule has 2 atom stereocenters. The molecule has 0 unspecified atom stereocenters. The summed E-state index contributed by atoms with van der Waals surface area (Å²) in [7, 11) is 0. The van der Waals surface area contributed by atoms with E-state index in [1.807, 2.05) is 26.0 Å². The van der Waals surface area contributed by atoms with Gasteiger partial charge in [0.05, 0.1) is 0 Å². The van der Waals surface area contributed by atoms with Gasteiger partial charge in [0.15, 0.2) is 0 Å². The van der Waals surface area contributed by atoms with Crippen LogP contribution in [0.1, 0.15) is 40.7 Å². The van der Waals surface area contributed by atoms with Crippen molar-refractivity contribution in [3.05, 3.63) is 34.9 Å². The Morgan fingerprint density at radius 1 is 1.04 bits per heavy atom. The van der Waals surface area contributed by atoms with Gasteiger partial charge in [-0.1, -0.05) is 12.5 Å². The Morgan fingerprint density at radius 2 is 1.70 bits per heavy atom. The number of fused-ring (bicyclic) bond motifs is 1. The Labute approximate surface area is 159 Å². The van der Waals surface area contributed by atoms with Crippen molar-refractivity contribution in [2.45, 2.75) is 33.1 Å². The maximum Gasteiger partial charge on any atom is 0.313 e. The van der Waals surface area contributed by atoms with Gasteiger partial charge < -0.3 is 14.9 Å². The lowest BCUT2D eigenvalue weighted by Gasteiger charge is -2.31. The summed E-state index contributed by atoms with van der Waals surface area (Å²) in [5.74, 6) is -1.04. The summed E-state index contributed by atoms with van der Waals surface area (Å²) in [6.45, 7) is 5.20. The van der Waals surface area contributed by atoms with Crippen molar-refractivity contribution in [1.82, 2.24) is 9.80 Å². The lowest BCUT2D eigenvalue weighted by Crippen LogP contribution is -2.44. The Bertz CT molecular complexity index is 816. The molecule has 1 aromatic rings. The van der Waals surface area contributed by atoms with Crippen molar-refractivity contribution in [1.29, 1.82) is 0 Å². The van der Waals surface area contributed by atoms with Crippen molar-refractivity contribution in [3.8, 4) is 0 Å². The molecule has 1 saturated carbocycles. The Hall–Kier alpha value is -2.37. The number of benzene rings is 1. The van der Waals surface area contributed by atoms with E-state index in [-0.39, 0.29) is 36.7 Å². The first-order valence-electron chi connectivity index (χ1n) is 9.70. The second-order valence-corrected chi connectivity index (χ2v) is 8.49. The molecule has 2 amide bonds. The molecule has 27 heavy (non-hydrogen) atoms. The van der Waals surface area contributed by atoms with Crippen LogP contribution in [0.3, 0.4) is 0 Å². The average molecular weight is 370 g/mol. The summed E-state index contributed by atoms with van der Waals surface area (Å²) < 4.78 is 0. The summed E-state index contributed by atoms with van der Waals surface area (Å²) in [4.78, 5) is 41.1. The van der Waals surface area contributed by atoms with Crippen molar-refractivity contribution in [2.24, 2.45) is 17.3 Å². The van der Waals surface area contributed by atoms with Crippen LogP contribution in [-0.2, 0) is 9.59 Å². The number of rotatable bonds is 3. The predicted molar refractivity (Wildman–Crippen MR) is 99.3 cm³/mol. The minimum atomic E-state index is -1.03. The molecule has 4 rings (SSSR count). The first-order valence-corrected chi connectivity index (χ1v) is 9.70. The number of amides is 2.